The van der Waals surface area contributed by atoms with Gasteiger partial charge in [0, 0.05) is 11.6 Å². The number of aromatic amines is 1. The van der Waals surface area contributed by atoms with E-state index in [2.05, 4.69) is 25.6 Å². The number of aldehydes is 1. The van der Waals surface area contributed by atoms with Gasteiger partial charge in [-0.3, -0.25) is 9.89 Å². The largest absolute Gasteiger partial charge is 0.506 e. The summed E-state index contributed by atoms with van der Waals surface area (Å²) in [6.45, 7) is 0. The molecule has 98 valence electrons. The molecule has 3 rings (SSSR count). The Kier molecular flexibility index (Phi) is 2.92. The van der Waals surface area contributed by atoms with E-state index in [-0.39, 0.29) is 5.75 Å². The molecule has 0 aliphatic rings. The second-order valence-electron chi connectivity index (χ2n) is 4.08. The van der Waals surface area contributed by atoms with E-state index in [0.717, 1.165) is 6.29 Å². The highest BCUT2D eigenvalue weighted by molar-refractivity contribution is 5.80. The number of phenols is 1. The van der Waals surface area contributed by atoms with Gasteiger partial charge < -0.3 is 5.11 Å². The van der Waals surface area contributed by atoms with Crippen molar-refractivity contribution >= 4 is 28.7 Å². The van der Waals surface area contributed by atoms with Crippen molar-refractivity contribution in [3.05, 3.63) is 42.0 Å². The predicted molar refractivity (Wildman–Crippen MR) is 71.6 cm³/mol. The molecule has 0 aliphatic carbocycles. The van der Waals surface area contributed by atoms with Crippen LogP contribution in [0.4, 0.5) is 11.4 Å². The summed E-state index contributed by atoms with van der Waals surface area (Å²) in [7, 11) is 0. The lowest BCUT2D eigenvalue weighted by Gasteiger charge is -1.97. The number of aromatic nitrogens is 3. The number of phenolic OH excluding ortho intramolecular Hbond substituents is 1. The monoisotopic (exact) mass is 267 g/mol. The van der Waals surface area contributed by atoms with Crippen molar-refractivity contribution in [3.63, 3.8) is 0 Å². The summed E-state index contributed by atoms with van der Waals surface area (Å²) in [5, 5.41) is 27.9. The lowest BCUT2D eigenvalue weighted by molar-refractivity contribution is 0.112. The average molecular weight is 267 g/mol. The fourth-order valence-electron chi connectivity index (χ4n) is 1.68. The maximum absolute atomic E-state index is 10.5. The van der Waals surface area contributed by atoms with E-state index < -0.39 is 0 Å². The molecule has 0 fully saturated rings. The number of rotatable bonds is 3. The molecule has 20 heavy (non-hydrogen) atoms. The van der Waals surface area contributed by atoms with Gasteiger partial charge in [0.2, 0.25) is 0 Å². The van der Waals surface area contributed by atoms with Crippen LogP contribution in [-0.2, 0) is 0 Å². The molecule has 0 radical (unpaired) electrons. The first kappa shape index (κ1) is 12.0. The van der Waals surface area contributed by atoms with Gasteiger partial charge >= 0.3 is 0 Å². The number of azo groups is 1. The molecular weight excluding hydrogens is 258 g/mol. The molecule has 3 aromatic rings. The van der Waals surface area contributed by atoms with Crippen molar-refractivity contribution in [2.24, 2.45) is 10.2 Å². The number of hydrogen-bond acceptors (Lipinski definition) is 6. The van der Waals surface area contributed by atoms with Crippen LogP contribution in [0.15, 0.2) is 46.6 Å². The fourth-order valence-corrected chi connectivity index (χ4v) is 1.68. The van der Waals surface area contributed by atoms with Crippen LogP contribution in [0, 0.1) is 0 Å². The highest BCUT2D eigenvalue weighted by Crippen LogP contribution is 2.31. The van der Waals surface area contributed by atoms with Crippen LogP contribution in [-0.4, -0.2) is 26.8 Å². The van der Waals surface area contributed by atoms with Crippen LogP contribution in [0.25, 0.3) is 11.0 Å². The molecule has 0 atom stereocenters. The summed E-state index contributed by atoms with van der Waals surface area (Å²) in [5.74, 6) is -0.0281. The first-order chi connectivity index (χ1) is 9.76. The Morgan fingerprint density at radius 1 is 1.15 bits per heavy atom. The maximum Gasteiger partial charge on any atom is 0.150 e. The van der Waals surface area contributed by atoms with Gasteiger partial charge in [0.15, 0.2) is 0 Å². The minimum atomic E-state index is -0.0281. The maximum atomic E-state index is 10.5. The SMILES string of the molecule is O=Cc1ccc(/N=N/c2cc3[nH]nnc3cc2O)cc1. The molecule has 7 heteroatoms. The molecule has 0 saturated carbocycles. The van der Waals surface area contributed by atoms with E-state index in [4.69, 9.17) is 0 Å². The molecule has 0 bridgehead atoms. The Hall–Kier alpha value is -3.09. The lowest BCUT2D eigenvalue weighted by Crippen LogP contribution is -1.75. The minimum Gasteiger partial charge on any atom is -0.506 e. The van der Waals surface area contributed by atoms with Gasteiger partial charge in [0.25, 0.3) is 0 Å². The third kappa shape index (κ3) is 2.24. The van der Waals surface area contributed by atoms with E-state index in [0.29, 0.717) is 28.0 Å². The van der Waals surface area contributed by atoms with Crippen LogP contribution in [0.5, 0.6) is 5.75 Å². The topological polar surface area (TPSA) is 104 Å². The van der Waals surface area contributed by atoms with Crippen LogP contribution in [0.2, 0.25) is 0 Å². The number of hydrogen-bond donors (Lipinski definition) is 2. The second-order valence-corrected chi connectivity index (χ2v) is 4.08. The third-order valence-corrected chi connectivity index (χ3v) is 2.72. The highest BCUT2D eigenvalue weighted by Gasteiger charge is 2.05. The number of carbonyl (C=O) groups is 1. The number of carbonyl (C=O) groups excluding carboxylic acids is 1. The zero-order valence-electron chi connectivity index (χ0n) is 10.2. The molecule has 7 nitrogen and oxygen atoms in total. The summed E-state index contributed by atoms with van der Waals surface area (Å²) >= 11 is 0. The average Bonchev–Trinajstić information content (AvgIpc) is 2.92. The molecule has 0 spiro atoms. The van der Waals surface area contributed by atoms with Gasteiger partial charge in [-0.05, 0) is 30.3 Å². The first-order valence-electron chi connectivity index (χ1n) is 5.77. The van der Waals surface area contributed by atoms with Gasteiger partial charge in [0.1, 0.15) is 23.2 Å². The van der Waals surface area contributed by atoms with Gasteiger partial charge in [-0.25, -0.2) is 0 Å². The Balaban J connectivity index is 1.92. The second kappa shape index (κ2) is 4.88. The number of fused-ring (bicyclic) bond motifs is 1. The molecule has 2 aromatic carbocycles. The van der Waals surface area contributed by atoms with Crippen molar-refractivity contribution in [1.82, 2.24) is 15.4 Å². The number of benzene rings is 2. The summed E-state index contributed by atoms with van der Waals surface area (Å²) < 4.78 is 0. The molecule has 2 N–H and O–H groups in total. The molecule has 1 heterocycles. The van der Waals surface area contributed by atoms with E-state index >= 15 is 0 Å². The Morgan fingerprint density at radius 2 is 1.95 bits per heavy atom. The Bertz CT molecular complexity index is 792. The summed E-state index contributed by atoms with van der Waals surface area (Å²) in [6, 6.07) is 9.68. The van der Waals surface area contributed by atoms with Crippen LogP contribution < -0.4 is 0 Å². The number of aromatic hydroxyl groups is 1. The molecular formula is C13H9N5O2. The highest BCUT2D eigenvalue weighted by atomic mass is 16.3. The van der Waals surface area contributed by atoms with Crippen molar-refractivity contribution in [1.29, 1.82) is 0 Å². The normalized spacial score (nSPS) is 11.2. The van der Waals surface area contributed by atoms with Gasteiger partial charge in [-0.2, -0.15) is 5.11 Å². The van der Waals surface area contributed by atoms with Crippen molar-refractivity contribution < 1.29 is 9.90 Å². The van der Waals surface area contributed by atoms with E-state index in [1.165, 1.54) is 6.07 Å². The predicted octanol–water partition coefficient (Wildman–Crippen LogP) is 2.89. The molecule has 1 aromatic heterocycles. The zero-order valence-corrected chi connectivity index (χ0v) is 10.2. The molecule has 0 amide bonds. The quantitative estimate of drug-likeness (QED) is 0.562. The van der Waals surface area contributed by atoms with Crippen molar-refractivity contribution in [2.75, 3.05) is 0 Å². The number of nitrogens with one attached hydrogen (secondary N) is 1. The third-order valence-electron chi connectivity index (χ3n) is 2.72. The van der Waals surface area contributed by atoms with E-state index in [1.807, 2.05) is 0 Å². The molecule has 0 unspecified atom stereocenters. The van der Waals surface area contributed by atoms with Gasteiger partial charge in [0.05, 0.1) is 11.2 Å². The van der Waals surface area contributed by atoms with Crippen molar-refractivity contribution in [3.8, 4) is 5.75 Å². The number of H-pyrrole nitrogens is 1. The summed E-state index contributed by atoms with van der Waals surface area (Å²) in [4.78, 5) is 10.5. The fraction of sp³-hybridized carbons (Fsp3) is 0. The van der Waals surface area contributed by atoms with Gasteiger partial charge in [-0.1, -0.05) is 5.21 Å². The Labute approximate surface area is 113 Å². The minimum absolute atomic E-state index is 0.0281. The summed E-state index contributed by atoms with van der Waals surface area (Å²) in [6.07, 6.45) is 0.756. The van der Waals surface area contributed by atoms with Gasteiger partial charge in [-0.15, -0.1) is 10.2 Å². The van der Waals surface area contributed by atoms with Crippen LogP contribution in [0.1, 0.15) is 10.4 Å². The molecule has 0 saturated heterocycles. The standard InChI is InChI=1S/C13H9N5O2/c19-7-8-1-3-9(4-2-8)14-15-12-5-10-11(6-13(12)20)17-18-16-10/h1-7,20H,(H,16,17,18)/b15-14+. The molecule has 0 aliphatic heterocycles. The van der Waals surface area contributed by atoms with Crippen LogP contribution in [0.3, 0.4) is 0 Å². The number of nitrogens with zero attached hydrogens (tertiary/aromatic N) is 4. The van der Waals surface area contributed by atoms with E-state index in [1.54, 1.807) is 30.3 Å². The first-order valence-corrected chi connectivity index (χ1v) is 5.77. The lowest BCUT2D eigenvalue weighted by atomic mass is 10.2. The summed E-state index contributed by atoms with van der Waals surface area (Å²) in [5.41, 5.74) is 2.67. The van der Waals surface area contributed by atoms with Crippen LogP contribution >= 0.6 is 0 Å². The zero-order chi connectivity index (χ0) is 13.9. The smallest absolute Gasteiger partial charge is 0.150 e. The van der Waals surface area contributed by atoms with Crippen molar-refractivity contribution in [2.45, 2.75) is 0 Å². The Morgan fingerprint density at radius 3 is 2.70 bits per heavy atom. The van der Waals surface area contributed by atoms with E-state index in [9.17, 15) is 9.90 Å².